The Morgan fingerprint density at radius 2 is 2.00 bits per heavy atom. The fourth-order valence-electron chi connectivity index (χ4n) is 2.14. The van der Waals surface area contributed by atoms with Crippen LogP contribution in [0, 0.1) is 5.92 Å². The topological polar surface area (TPSA) is 64.7 Å². The minimum atomic E-state index is -0.866. The standard InChI is InChI=1S/C15H23NO3/c1-18-9-8-12-2-6-14(7-3-12)19-11-15(17,10-16)13-4-5-13/h2-3,6-7,13,17H,4-5,8-11,16H2,1H3. The van der Waals surface area contributed by atoms with E-state index in [0.29, 0.717) is 5.92 Å². The third-order valence-corrected chi connectivity index (χ3v) is 3.70. The highest BCUT2D eigenvalue weighted by Gasteiger charge is 2.43. The molecule has 1 atom stereocenters. The van der Waals surface area contributed by atoms with Gasteiger partial charge in [0.25, 0.3) is 0 Å². The van der Waals surface area contributed by atoms with Crippen LogP contribution in [0.25, 0.3) is 0 Å². The largest absolute Gasteiger partial charge is 0.491 e. The molecule has 1 fully saturated rings. The zero-order valence-electron chi connectivity index (χ0n) is 11.5. The van der Waals surface area contributed by atoms with E-state index >= 15 is 0 Å². The summed E-state index contributed by atoms with van der Waals surface area (Å²) in [5.41, 5.74) is 5.99. The normalized spacial score (nSPS) is 18.1. The maximum absolute atomic E-state index is 10.3. The molecule has 0 heterocycles. The quantitative estimate of drug-likeness (QED) is 0.745. The molecule has 4 heteroatoms. The van der Waals surface area contributed by atoms with Crippen LogP contribution in [0.4, 0.5) is 0 Å². The molecule has 1 aliphatic carbocycles. The van der Waals surface area contributed by atoms with Gasteiger partial charge in [-0.2, -0.15) is 0 Å². The zero-order chi connectivity index (χ0) is 13.7. The average molecular weight is 265 g/mol. The van der Waals surface area contributed by atoms with Crippen LogP contribution in [0.15, 0.2) is 24.3 Å². The van der Waals surface area contributed by atoms with Crippen molar-refractivity contribution in [2.75, 3.05) is 26.9 Å². The first-order valence-corrected chi connectivity index (χ1v) is 6.81. The van der Waals surface area contributed by atoms with Gasteiger partial charge in [-0.1, -0.05) is 12.1 Å². The van der Waals surface area contributed by atoms with E-state index in [0.717, 1.165) is 31.6 Å². The molecule has 2 rings (SSSR count). The van der Waals surface area contributed by atoms with Gasteiger partial charge in [-0.3, -0.25) is 0 Å². The van der Waals surface area contributed by atoms with Crippen LogP contribution in [0.1, 0.15) is 18.4 Å². The van der Waals surface area contributed by atoms with Crippen LogP contribution in [0.5, 0.6) is 5.75 Å². The van der Waals surface area contributed by atoms with Gasteiger partial charge in [0, 0.05) is 13.7 Å². The molecule has 0 aromatic heterocycles. The van der Waals surface area contributed by atoms with Crippen molar-refractivity contribution in [3.8, 4) is 5.75 Å². The van der Waals surface area contributed by atoms with Crippen molar-refractivity contribution in [3.05, 3.63) is 29.8 Å². The fraction of sp³-hybridized carbons (Fsp3) is 0.600. The average Bonchev–Trinajstić information content (AvgIpc) is 3.28. The van der Waals surface area contributed by atoms with Crippen molar-refractivity contribution in [2.45, 2.75) is 24.9 Å². The Hall–Kier alpha value is -1.10. The van der Waals surface area contributed by atoms with Crippen molar-refractivity contribution < 1.29 is 14.6 Å². The highest BCUT2D eigenvalue weighted by atomic mass is 16.5. The molecule has 106 valence electrons. The van der Waals surface area contributed by atoms with Gasteiger partial charge in [0.1, 0.15) is 18.0 Å². The number of methoxy groups -OCH3 is 1. The summed E-state index contributed by atoms with van der Waals surface area (Å²) in [6, 6.07) is 7.89. The molecule has 0 spiro atoms. The number of nitrogens with two attached hydrogens (primary N) is 1. The van der Waals surface area contributed by atoms with Gasteiger partial charge in [-0.15, -0.1) is 0 Å². The SMILES string of the molecule is COCCc1ccc(OCC(O)(CN)C2CC2)cc1. The van der Waals surface area contributed by atoms with Crippen molar-refractivity contribution in [3.63, 3.8) is 0 Å². The van der Waals surface area contributed by atoms with Crippen molar-refractivity contribution in [1.82, 2.24) is 0 Å². The second kappa shape index (κ2) is 6.37. The molecule has 3 N–H and O–H groups in total. The molecule has 4 nitrogen and oxygen atoms in total. The lowest BCUT2D eigenvalue weighted by Crippen LogP contribution is -2.45. The molecule has 1 aromatic rings. The number of rotatable bonds is 8. The molecule has 0 radical (unpaired) electrons. The maximum Gasteiger partial charge on any atom is 0.119 e. The third-order valence-electron chi connectivity index (χ3n) is 3.70. The number of hydrogen-bond donors (Lipinski definition) is 2. The second-order valence-electron chi connectivity index (χ2n) is 5.26. The van der Waals surface area contributed by atoms with Gasteiger partial charge in [-0.25, -0.2) is 0 Å². The predicted molar refractivity (Wildman–Crippen MR) is 74.2 cm³/mol. The number of ether oxygens (including phenoxy) is 2. The zero-order valence-corrected chi connectivity index (χ0v) is 11.5. The van der Waals surface area contributed by atoms with Crippen LogP contribution in [-0.4, -0.2) is 37.6 Å². The third kappa shape index (κ3) is 3.93. The molecule has 0 amide bonds. The van der Waals surface area contributed by atoms with Gasteiger partial charge in [0.2, 0.25) is 0 Å². The van der Waals surface area contributed by atoms with Crippen LogP contribution in [0.2, 0.25) is 0 Å². The fourth-order valence-corrected chi connectivity index (χ4v) is 2.14. The van der Waals surface area contributed by atoms with Gasteiger partial charge in [-0.05, 0) is 42.9 Å². The molecule has 1 aliphatic rings. The number of aliphatic hydroxyl groups is 1. The van der Waals surface area contributed by atoms with E-state index < -0.39 is 5.60 Å². The monoisotopic (exact) mass is 265 g/mol. The van der Waals surface area contributed by atoms with Crippen LogP contribution in [0.3, 0.4) is 0 Å². The first kappa shape index (κ1) is 14.3. The first-order valence-electron chi connectivity index (χ1n) is 6.81. The van der Waals surface area contributed by atoms with E-state index in [2.05, 4.69) is 0 Å². The summed E-state index contributed by atoms with van der Waals surface area (Å²) in [5, 5.41) is 10.3. The van der Waals surface area contributed by atoms with Crippen LogP contribution >= 0.6 is 0 Å². The summed E-state index contributed by atoms with van der Waals surface area (Å²) < 4.78 is 10.7. The summed E-state index contributed by atoms with van der Waals surface area (Å²) >= 11 is 0. The minimum Gasteiger partial charge on any atom is -0.491 e. The Balaban J connectivity index is 1.85. The van der Waals surface area contributed by atoms with E-state index in [9.17, 15) is 5.11 Å². The second-order valence-corrected chi connectivity index (χ2v) is 5.26. The first-order chi connectivity index (χ1) is 9.18. The summed E-state index contributed by atoms with van der Waals surface area (Å²) in [7, 11) is 1.70. The Bertz CT molecular complexity index is 389. The van der Waals surface area contributed by atoms with Gasteiger partial charge in [0.15, 0.2) is 0 Å². The molecule has 0 bridgehead atoms. The lowest BCUT2D eigenvalue weighted by Gasteiger charge is -2.26. The smallest absolute Gasteiger partial charge is 0.119 e. The number of hydrogen-bond acceptors (Lipinski definition) is 4. The van der Waals surface area contributed by atoms with Crippen LogP contribution < -0.4 is 10.5 Å². The Morgan fingerprint density at radius 3 is 2.53 bits per heavy atom. The lowest BCUT2D eigenvalue weighted by atomic mass is 9.99. The molecule has 0 aliphatic heterocycles. The van der Waals surface area contributed by atoms with Gasteiger partial charge >= 0.3 is 0 Å². The summed E-state index contributed by atoms with van der Waals surface area (Å²) in [5.74, 6) is 1.08. The van der Waals surface area contributed by atoms with E-state index in [1.54, 1.807) is 7.11 Å². The Kier molecular flexibility index (Phi) is 4.80. The van der Waals surface area contributed by atoms with E-state index in [4.69, 9.17) is 15.2 Å². The molecule has 1 unspecified atom stereocenters. The molecule has 19 heavy (non-hydrogen) atoms. The minimum absolute atomic E-state index is 0.254. The van der Waals surface area contributed by atoms with Crippen molar-refractivity contribution in [2.24, 2.45) is 11.7 Å². The summed E-state index contributed by atoms with van der Waals surface area (Å²) in [6.07, 6.45) is 2.99. The van der Waals surface area contributed by atoms with Gasteiger partial charge in [0.05, 0.1) is 6.61 Å². The van der Waals surface area contributed by atoms with E-state index in [1.165, 1.54) is 5.56 Å². The Morgan fingerprint density at radius 1 is 1.32 bits per heavy atom. The molecular weight excluding hydrogens is 242 g/mol. The molecular formula is C15H23NO3. The Labute approximate surface area is 114 Å². The van der Waals surface area contributed by atoms with Crippen molar-refractivity contribution >= 4 is 0 Å². The highest BCUT2D eigenvalue weighted by molar-refractivity contribution is 5.27. The van der Waals surface area contributed by atoms with Gasteiger partial charge < -0.3 is 20.3 Å². The maximum atomic E-state index is 10.3. The lowest BCUT2D eigenvalue weighted by molar-refractivity contribution is -0.0162. The predicted octanol–water partition coefficient (Wildman–Crippen LogP) is 1.35. The summed E-state index contributed by atoms with van der Waals surface area (Å²) in [4.78, 5) is 0. The highest BCUT2D eigenvalue weighted by Crippen LogP contribution is 2.39. The summed E-state index contributed by atoms with van der Waals surface area (Å²) in [6.45, 7) is 1.24. The van der Waals surface area contributed by atoms with Crippen LogP contribution in [-0.2, 0) is 11.2 Å². The van der Waals surface area contributed by atoms with E-state index in [-0.39, 0.29) is 13.2 Å². The van der Waals surface area contributed by atoms with E-state index in [1.807, 2.05) is 24.3 Å². The van der Waals surface area contributed by atoms with Crippen molar-refractivity contribution in [1.29, 1.82) is 0 Å². The molecule has 0 saturated heterocycles. The number of benzene rings is 1. The molecule has 1 saturated carbocycles. The molecule has 1 aromatic carbocycles.